The number of thiophene rings is 1. The lowest BCUT2D eigenvalue weighted by atomic mass is 9.97. The SMILES string of the molecule is Cn1cccc(C(=O)N2CCC(CNS(=O)(=O)c3ccc(Br)s3)CC2)c1=O. The predicted octanol–water partition coefficient (Wildman–Crippen LogP) is 2.04. The van der Waals surface area contributed by atoms with Crippen molar-refractivity contribution < 1.29 is 13.2 Å². The lowest BCUT2D eigenvalue weighted by Crippen LogP contribution is -2.43. The number of piperidine rings is 1. The Bertz CT molecular complexity index is 992. The molecule has 2 aromatic heterocycles. The number of sulfonamides is 1. The molecule has 2 aromatic rings. The average Bonchev–Trinajstić information content (AvgIpc) is 3.10. The van der Waals surface area contributed by atoms with Crippen molar-refractivity contribution in [3.05, 3.63) is 50.2 Å². The van der Waals surface area contributed by atoms with Crippen molar-refractivity contribution in [1.29, 1.82) is 0 Å². The summed E-state index contributed by atoms with van der Waals surface area (Å²) in [5.41, 5.74) is -0.137. The van der Waals surface area contributed by atoms with Crippen LogP contribution in [0.4, 0.5) is 0 Å². The Labute approximate surface area is 170 Å². The van der Waals surface area contributed by atoms with Gasteiger partial charge in [0.15, 0.2) is 0 Å². The van der Waals surface area contributed by atoms with Crippen molar-refractivity contribution in [2.75, 3.05) is 19.6 Å². The summed E-state index contributed by atoms with van der Waals surface area (Å²) in [6.45, 7) is 1.36. The van der Waals surface area contributed by atoms with Crippen molar-refractivity contribution in [1.82, 2.24) is 14.2 Å². The van der Waals surface area contributed by atoms with Gasteiger partial charge in [-0.2, -0.15) is 0 Å². The summed E-state index contributed by atoms with van der Waals surface area (Å²) in [5, 5.41) is 0. The lowest BCUT2D eigenvalue weighted by Gasteiger charge is -2.32. The quantitative estimate of drug-likeness (QED) is 0.719. The maximum Gasteiger partial charge on any atom is 0.263 e. The lowest BCUT2D eigenvalue weighted by molar-refractivity contribution is 0.0689. The number of halogens is 1. The molecule has 0 radical (unpaired) electrons. The van der Waals surface area contributed by atoms with E-state index in [9.17, 15) is 18.0 Å². The smallest absolute Gasteiger partial charge is 0.263 e. The van der Waals surface area contributed by atoms with Crippen molar-refractivity contribution in [2.45, 2.75) is 17.1 Å². The monoisotopic (exact) mass is 473 g/mol. The fraction of sp³-hybridized carbons (Fsp3) is 0.412. The topological polar surface area (TPSA) is 88.5 Å². The van der Waals surface area contributed by atoms with Crippen LogP contribution in [0.3, 0.4) is 0 Å². The first-order valence-electron chi connectivity index (χ1n) is 8.48. The fourth-order valence-corrected chi connectivity index (χ4v) is 6.18. The number of amides is 1. The molecule has 3 rings (SSSR count). The summed E-state index contributed by atoms with van der Waals surface area (Å²) >= 11 is 4.43. The van der Waals surface area contributed by atoms with Crippen LogP contribution in [0.15, 0.2) is 43.3 Å². The molecular weight excluding hydrogens is 454 g/mol. The molecule has 1 fully saturated rings. The van der Waals surface area contributed by atoms with Crippen LogP contribution in [0, 0.1) is 5.92 Å². The molecule has 1 aliphatic rings. The number of hydrogen-bond donors (Lipinski definition) is 1. The van der Waals surface area contributed by atoms with E-state index < -0.39 is 10.0 Å². The highest BCUT2D eigenvalue weighted by Gasteiger charge is 2.26. The second-order valence-electron chi connectivity index (χ2n) is 6.48. The highest BCUT2D eigenvalue weighted by Crippen LogP contribution is 2.26. The van der Waals surface area contributed by atoms with E-state index in [2.05, 4.69) is 20.7 Å². The molecule has 1 aliphatic heterocycles. The minimum Gasteiger partial charge on any atom is -0.338 e. The number of aryl methyl sites for hydroxylation is 1. The summed E-state index contributed by atoms with van der Waals surface area (Å²) in [5.74, 6) is -0.107. The van der Waals surface area contributed by atoms with Gasteiger partial charge in [0.05, 0.1) is 3.79 Å². The molecule has 0 aromatic carbocycles. The van der Waals surface area contributed by atoms with E-state index in [0.717, 1.165) is 3.79 Å². The zero-order valence-corrected chi connectivity index (χ0v) is 17.9. The molecule has 10 heteroatoms. The largest absolute Gasteiger partial charge is 0.338 e. The molecule has 0 unspecified atom stereocenters. The Hall–Kier alpha value is -1.49. The Kier molecular flexibility index (Phi) is 6.19. The van der Waals surface area contributed by atoms with E-state index in [1.807, 2.05) is 0 Å². The highest BCUT2D eigenvalue weighted by atomic mass is 79.9. The number of carbonyl (C=O) groups is 1. The van der Waals surface area contributed by atoms with Gasteiger partial charge in [-0.15, -0.1) is 11.3 Å². The summed E-state index contributed by atoms with van der Waals surface area (Å²) in [4.78, 5) is 26.3. The summed E-state index contributed by atoms with van der Waals surface area (Å²) in [6.07, 6.45) is 2.99. The number of nitrogens with zero attached hydrogens (tertiary/aromatic N) is 2. The third-order valence-electron chi connectivity index (χ3n) is 4.63. The standard InChI is InChI=1S/C17H20BrN3O4S2/c1-20-8-2-3-13(16(20)22)17(23)21-9-6-12(7-10-21)11-19-27(24,25)15-5-4-14(18)26-15/h2-5,8,12,19H,6-7,9-11H2,1H3. The maximum atomic E-state index is 12.6. The first-order valence-corrected chi connectivity index (χ1v) is 11.6. The van der Waals surface area contributed by atoms with Gasteiger partial charge in [-0.1, -0.05) is 0 Å². The van der Waals surface area contributed by atoms with E-state index in [1.54, 1.807) is 42.4 Å². The Balaban J connectivity index is 1.55. The number of aromatic nitrogens is 1. The molecule has 0 aliphatic carbocycles. The van der Waals surface area contributed by atoms with Crippen LogP contribution in [0.5, 0.6) is 0 Å². The average molecular weight is 474 g/mol. The van der Waals surface area contributed by atoms with E-state index in [0.29, 0.717) is 32.5 Å². The van der Waals surface area contributed by atoms with Gasteiger partial charge in [0.2, 0.25) is 10.0 Å². The van der Waals surface area contributed by atoms with Gasteiger partial charge in [-0.05, 0) is 59.0 Å². The number of carbonyl (C=O) groups excluding carboxylic acids is 1. The minimum absolute atomic E-state index is 0.158. The molecule has 7 nitrogen and oxygen atoms in total. The number of rotatable bonds is 5. The zero-order valence-electron chi connectivity index (χ0n) is 14.7. The van der Waals surface area contributed by atoms with Crippen LogP contribution in [0.25, 0.3) is 0 Å². The minimum atomic E-state index is -3.51. The van der Waals surface area contributed by atoms with Crippen LogP contribution in [0.2, 0.25) is 0 Å². The van der Waals surface area contributed by atoms with Gasteiger partial charge in [0, 0.05) is 32.9 Å². The van der Waals surface area contributed by atoms with Crippen molar-refractivity contribution in [3.8, 4) is 0 Å². The molecule has 1 saturated heterocycles. The number of likely N-dealkylation sites (tertiary alicyclic amines) is 1. The summed E-state index contributed by atoms with van der Waals surface area (Å²) in [7, 11) is -1.89. The molecule has 1 N–H and O–H groups in total. The Morgan fingerprint density at radius 3 is 2.63 bits per heavy atom. The molecule has 0 saturated carbocycles. The molecule has 27 heavy (non-hydrogen) atoms. The Morgan fingerprint density at radius 2 is 2.00 bits per heavy atom. The van der Waals surface area contributed by atoms with Gasteiger partial charge in [0.1, 0.15) is 9.77 Å². The third-order valence-corrected chi connectivity index (χ3v) is 8.17. The van der Waals surface area contributed by atoms with E-state index in [1.165, 1.54) is 15.9 Å². The number of pyridine rings is 1. The second kappa shape index (κ2) is 8.26. The molecule has 1 amide bonds. The maximum absolute atomic E-state index is 12.6. The summed E-state index contributed by atoms with van der Waals surface area (Å²) < 4.78 is 29.7. The van der Waals surface area contributed by atoms with E-state index in [4.69, 9.17) is 0 Å². The highest BCUT2D eigenvalue weighted by molar-refractivity contribution is 9.11. The van der Waals surface area contributed by atoms with Gasteiger partial charge in [0.25, 0.3) is 11.5 Å². The second-order valence-corrected chi connectivity index (χ2v) is 10.9. The zero-order chi connectivity index (χ0) is 19.6. The van der Waals surface area contributed by atoms with Crippen molar-refractivity contribution >= 4 is 43.2 Å². The third kappa shape index (κ3) is 4.68. The van der Waals surface area contributed by atoms with E-state index >= 15 is 0 Å². The van der Waals surface area contributed by atoms with Crippen LogP contribution >= 0.6 is 27.3 Å². The predicted molar refractivity (Wildman–Crippen MR) is 108 cm³/mol. The van der Waals surface area contributed by atoms with Crippen molar-refractivity contribution in [3.63, 3.8) is 0 Å². The fourth-order valence-electron chi connectivity index (χ4n) is 3.01. The summed E-state index contributed by atoms with van der Waals surface area (Å²) in [6, 6.07) is 6.50. The van der Waals surface area contributed by atoms with Crippen molar-refractivity contribution in [2.24, 2.45) is 13.0 Å². The van der Waals surface area contributed by atoms with Crippen LogP contribution in [0.1, 0.15) is 23.2 Å². The molecule has 146 valence electrons. The van der Waals surface area contributed by atoms with Gasteiger partial charge in [-0.3, -0.25) is 9.59 Å². The number of hydrogen-bond acceptors (Lipinski definition) is 5. The van der Waals surface area contributed by atoms with Gasteiger partial charge >= 0.3 is 0 Å². The van der Waals surface area contributed by atoms with Gasteiger partial charge in [-0.25, -0.2) is 13.1 Å². The molecular formula is C17H20BrN3O4S2. The molecule has 0 spiro atoms. The van der Waals surface area contributed by atoms with E-state index in [-0.39, 0.29) is 27.2 Å². The van der Waals surface area contributed by atoms with Crippen LogP contribution < -0.4 is 10.3 Å². The number of nitrogens with one attached hydrogen (secondary N) is 1. The first kappa shape index (κ1) is 20.2. The molecule has 0 atom stereocenters. The normalized spacial score (nSPS) is 15.9. The first-order chi connectivity index (χ1) is 12.8. The molecule has 3 heterocycles. The molecule has 0 bridgehead atoms. The van der Waals surface area contributed by atoms with Gasteiger partial charge < -0.3 is 9.47 Å². The Morgan fingerprint density at radius 1 is 1.30 bits per heavy atom. The van der Waals surface area contributed by atoms with Crippen LogP contribution in [-0.4, -0.2) is 43.4 Å². The van der Waals surface area contributed by atoms with Crippen LogP contribution in [-0.2, 0) is 17.1 Å².